The van der Waals surface area contributed by atoms with Crippen LogP contribution in [0, 0.1) is 13.8 Å². The molecule has 0 bridgehead atoms. The Labute approximate surface area is 311 Å². The summed E-state index contributed by atoms with van der Waals surface area (Å²) < 4.78 is 0. The Hall–Kier alpha value is -3.12. The summed E-state index contributed by atoms with van der Waals surface area (Å²) in [7, 11) is 0. The topological polar surface area (TPSA) is 0 Å². The van der Waals surface area contributed by atoms with Crippen molar-refractivity contribution in [3.63, 3.8) is 0 Å². The smallest absolute Gasteiger partial charge is 0.0645 e. The first kappa shape index (κ1) is 36.2. The lowest BCUT2D eigenvalue weighted by Crippen LogP contribution is -2.31. The summed E-state index contributed by atoms with van der Waals surface area (Å²) in [6.45, 7) is 19.3. The molecular formula is C51H66. The highest BCUT2D eigenvalue weighted by atomic mass is 14.5. The Morgan fingerprint density at radius 1 is 0.490 bits per heavy atom. The van der Waals surface area contributed by atoms with E-state index in [-0.39, 0.29) is 16.2 Å². The normalized spacial score (nSPS) is 18.1. The van der Waals surface area contributed by atoms with Crippen LogP contribution in [0.5, 0.6) is 0 Å². The van der Waals surface area contributed by atoms with Crippen LogP contribution in [0.15, 0.2) is 72.8 Å². The van der Waals surface area contributed by atoms with Crippen molar-refractivity contribution in [1.82, 2.24) is 0 Å². The van der Waals surface area contributed by atoms with Gasteiger partial charge in [-0.3, -0.25) is 0 Å². The maximum Gasteiger partial charge on any atom is 0.0714 e. The molecule has 0 aliphatic heterocycles. The van der Waals surface area contributed by atoms with Crippen molar-refractivity contribution in [2.45, 2.75) is 173 Å². The van der Waals surface area contributed by atoms with Gasteiger partial charge in [0.05, 0.1) is 5.41 Å². The first-order valence-electron chi connectivity index (χ1n) is 21.1. The van der Waals surface area contributed by atoms with E-state index in [0.717, 1.165) is 25.7 Å². The zero-order chi connectivity index (χ0) is 36.0. The molecule has 0 atom stereocenters. The number of benzene rings is 4. The monoisotopic (exact) mass is 679 g/mol. The largest absolute Gasteiger partial charge is 0.0714 e. The average Bonchev–Trinajstić information content (AvgIpc) is 3.47. The summed E-state index contributed by atoms with van der Waals surface area (Å²) >= 11 is 0. The lowest BCUT2D eigenvalue weighted by molar-refractivity contribution is 0.437. The molecule has 4 aromatic rings. The van der Waals surface area contributed by atoms with Crippen LogP contribution in [0.3, 0.4) is 0 Å². The van der Waals surface area contributed by atoms with Crippen molar-refractivity contribution in [3.05, 3.63) is 128 Å². The molecule has 0 amide bonds. The highest BCUT2D eigenvalue weighted by Gasteiger charge is 2.48. The lowest BCUT2D eigenvalue weighted by Gasteiger charge is -2.38. The minimum atomic E-state index is -0.383. The van der Waals surface area contributed by atoms with E-state index in [0.29, 0.717) is 11.8 Å². The van der Waals surface area contributed by atoms with Crippen LogP contribution in [-0.4, -0.2) is 0 Å². The minimum Gasteiger partial charge on any atom is -0.0645 e. The summed E-state index contributed by atoms with van der Waals surface area (Å²) in [5, 5.41) is 0. The minimum absolute atomic E-state index is 0.142. The van der Waals surface area contributed by atoms with Gasteiger partial charge >= 0.3 is 0 Å². The molecule has 2 fully saturated rings. The van der Waals surface area contributed by atoms with Crippen molar-refractivity contribution in [3.8, 4) is 11.1 Å². The van der Waals surface area contributed by atoms with Gasteiger partial charge in [-0.15, -0.1) is 0 Å². The number of fused-ring (bicyclic) bond motifs is 3. The van der Waals surface area contributed by atoms with E-state index in [9.17, 15) is 0 Å². The first-order chi connectivity index (χ1) is 24.6. The van der Waals surface area contributed by atoms with Crippen molar-refractivity contribution < 1.29 is 0 Å². The van der Waals surface area contributed by atoms with Gasteiger partial charge in [0.25, 0.3) is 0 Å². The van der Waals surface area contributed by atoms with Gasteiger partial charge in [-0.05, 0) is 144 Å². The van der Waals surface area contributed by atoms with Crippen LogP contribution >= 0.6 is 0 Å². The van der Waals surface area contributed by atoms with Crippen molar-refractivity contribution in [2.24, 2.45) is 0 Å². The number of hydrogen-bond acceptors (Lipinski definition) is 0. The molecule has 0 saturated heterocycles. The Kier molecular flexibility index (Phi) is 10.2. The first-order valence-corrected chi connectivity index (χ1v) is 21.1. The second kappa shape index (κ2) is 14.4. The van der Waals surface area contributed by atoms with E-state index in [1.165, 1.54) is 120 Å². The molecule has 0 aromatic heterocycles. The Balaban J connectivity index is 1.61. The molecule has 0 radical (unpaired) electrons. The zero-order valence-corrected chi connectivity index (χ0v) is 33.5. The molecule has 3 aliphatic rings. The Morgan fingerprint density at radius 2 is 0.863 bits per heavy atom. The van der Waals surface area contributed by atoms with Crippen LogP contribution in [0.4, 0.5) is 0 Å². The molecule has 0 unspecified atom stereocenters. The van der Waals surface area contributed by atoms with E-state index in [1.807, 2.05) is 0 Å². The highest BCUT2D eigenvalue weighted by molar-refractivity contribution is 5.87. The molecule has 51 heavy (non-hydrogen) atoms. The van der Waals surface area contributed by atoms with Gasteiger partial charge < -0.3 is 0 Å². The maximum absolute atomic E-state index is 2.70. The molecule has 2 saturated carbocycles. The molecule has 270 valence electrons. The molecule has 0 nitrogen and oxygen atoms in total. The van der Waals surface area contributed by atoms with Crippen LogP contribution in [0.25, 0.3) is 11.1 Å². The van der Waals surface area contributed by atoms with E-state index in [2.05, 4.69) is 128 Å². The fraction of sp³-hybridized carbons (Fsp3) is 0.529. The van der Waals surface area contributed by atoms with Gasteiger partial charge in [0.15, 0.2) is 0 Å². The summed E-state index contributed by atoms with van der Waals surface area (Å²) in [5.41, 5.74) is 17.7. The van der Waals surface area contributed by atoms with Crippen molar-refractivity contribution in [1.29, 1.82) is 0 Å². The van der Waals surface area contributed by atoms with Crippen LogP contribution in [0.2, 0.25) is 0 Å². The van der Waals surface area contributed by atoms with E-state index in [4.69, 9.17) is 0 Å². The molecule has 3 aliphatic carbocycles. The third kappa shape index (κ3) is 6.25. The molecular weight excluding hydrogens is 613 g/mol. The Bertz CT molecular complexity index is 1710. The van der Waals surface area contributed by atoms with Gasteiger partial charge in [0, 0.05) is 0 Å². The Morgan fingerprint density at radius 3 is 1.22 bits per heavy atom. The fourth-order valence-electron chi connectivity index (χ4n) is 10.6. The van der Waals surface area contributed by atoms with Gasteiger partial charge in [0.2, 0.25) is 0 Å². The van der Waals surface area contributed by atoms with Crippen LogP contribution in [0.1, 0.15) is 199 Å². The molecule has 7 rings (SSSR count). The summed E-state index contributed by atoms with van der Waals surface area (Å²) in [6, 6.07) is 31.0. The second-order valence-electron chi connectivity index (χ2n) is 17.7. The lowest BCUT2D eigenvalue weighted by atomic mass is 9.64. The summed E-state index contributed by atoms with van der Waals surface area (Å²) in [6.07, 6.45) is 18.1. The highest BCUT2D eigenvalue weighted by Crippen LogP contribution is 2.59. The van der Waals surface area contributed by atoms with Crippen molar-refractivity contribution >= 4 is 0 Å². The fourth-order valence-corrected chi connectivity index (χ4v) is 10.6. The number of aryl methyl sites for hydroxylation is 2. The molecule has 4 aromatic carbocycles. The molecule has 0 heteroatoms. The molecule has 0 spiro atoms. The SMILES string of the molecule is CCC(C)(CC)c1ccc2c(c1)C(c1cc(C)cc(C3CCCCC3)c1)(c1cc(C)cc(C3CCCCC3)c1)c1cc(C(C)(CC)CC)ccc1-2. The number of hydrogen-bond donors (Lipinski definition) is 0. The molecule has 0 heterocycles. The maximum atomic E-state index is 2.70. The van der Waals surface area contributed by atoms with Gasteiger partial charge in [-0.25, -0.2) is 0 Å². The van der Waals surface area contributed by atoms with Crippen LogP contribution in [-0.2, 0) is 16.2 Å². The third-order valence-electron chi connectivity index (χ3n) is 14.9. The standard InChI is InChI=1S/C51H66/c1-9-49(7,10-2)41-23-25-45-46-26-24-42(50(8,11-3)12-4)34-48(46)51(47(45)33-41,43-29-35(5)27-39(31-43)37-19-15-13-16-20-37)44-30-36(6)28-40(32-44)38-21-17-14-18-22-38/h23-34,37-38H,9-22H2,1-8H3. The van der Waals surface area contributed by atoms with Gasteiger partial charge in [-0.2, -0.15) is 0 Å². The zero-order valence-electron chi connectivity index (χ0n) is 33.5. The third-order valence-corrected chi connectivity index (χ3v) is 14.9. The van der Waals surface area contributed by atoms with Crippen LogP contribution < -0.4 is 0 Å². The van der Waals surface area contributed by atoms with Gasteiger partial charge in [-0.1, -0.05) is 164 Å². The predicted octanol–water partition coefficient (Wildman–Crippen LogP) is 14.9. The summed E-state index contributed by atoms with van der Waals surface area (Å²) in [4.78, 5) is 0. The molecule has 0 N–H and O–H groups in total. The van der Waals surface area contributed by atoms with E-state index >= 15 is 0 Å². The quantitative estimate of drug-likeness (QED) is 0.138. The number of rotatable bonds is 10. The second-order valence-corrected chi connectivity index (χ2v) is 17.7. The average molecular weight is 679 g/mol. The summed E-state index contributed by atoms with van der Waals surface area (Å²) in [5.74, 6) is 1.32. The predicted molar refractivity (Wildman–Crippen MR) is 221 cm³/mol. The van der Waals surface area contributed by atoms with Crippen molar-refractivity contribution in [2.75, 3.05) is 0 Å². The van der Waals surface area contributed by atoms with E-state index in [1.54, 1.807) is 11.1 Å². The van der Waals surface area contributed by atoms with Gasteiger partial charge in [0.1, 0.15) is 0 Å². The van der Waals surface area contributed by atoms with E-state index < -0.39 is 0 Å².